The second kappa shape index (κ2) is 5.81. The maximum atomic E-state index is 10.9. The Labute approximate surface area is 93.8 Å². The summed E-state index contributed by atoms with van der Waals surface area (Å²) in [5.74, 6) is -1.92. The molecule has 2 N–H and O–H groups in total. The highest BCUT2D eigenvalue weighted by atomic mass is 16.5. The number of aliphatic carboxylic acids is 2. The first-order valence-corrected chi connectivity index (χ1v) is 5.37. The molecule has 0 saturated carbocycles. The maximum Gasteiger partial charge on any atom is 0.320 e. The Morgan fingerprint density at radius 3 is 2.12 bits per heavy atom. The minimum atomic E-state index is -0.958. The van der Waals surface area contributed by atoms with Crippen molar-refractivity contribution in [3.63, 3.8) is 0 Å². The highest BCUT2D eigenvalue weighted by molar-refractivity contribution is 5.79. The molecule has 0 amide bonds. The van der Waals surface area contributed by atoms with Crippen LogP contribution in [0, 0.1) is 0 Å². The molecule has 2 unspecified atom stereocenters. The van der Waals surface area contributed by atoms with Gasteiger partial charge in [-0.3, -0.25) is 14.5 Å². The van der Waals surface area contributed by atoms with Crippen molar-refractivity contribution in [2.24, 2.45) is 0 Å². The minimum Gasteiger partial charge on any atom is -0.480 e. The molecule has 1 rings (SSSR count). The van der Waals surface area contributed by atoms with E-state index >= 15 is 0 Å². The first-order chi connectivity index (χ1) is 7.57. The van der Waals surface area contributed by atoms with Gasteiger partial charge in [0.2, 0.25) is 0 Å². The number of rotatable bonds is 6. The van der Waals surface area contributed by atoms with Crippen LogP contribution in [0.15, 0.2) is 0 Å². The number of carboxylic acid groups (broad SMARTS) is 2. The zero-order valence-corrected chi connectivity index (χ0v) is 9.26. The second-order valence-electron chi connectivity index (χ2n) is 3.72. The van der Waals surface area contributed by atoms with E-state index in [1.165, 1.54) is 4.90 Å². The summed E-state index contributed by atoms with van der Waals surface area (Å²) >= 11 is 0. The summed E-state index contributed by atoms with van der Waals surface area (Å²) < 4.78 is 5.12. The van der Waals surface area contributed by atoms with Gasteiger partial charge in [0.1, 0.15) is 12.1 Å². The van der Waals surface area contributed by atoms with Crippen LogP contribution in [-0.2, 0) is 14.3 Å². The number of ether oxygens (including phenoxy) is 1. The predicted molar refractivity (Wildman–Crippen MR) is 55.3 cm³/mol. The van der Waals surface area contributed by atoms with Gasteiger partial charge in [-0.1, -0.05) is 0 Å². The molecule has 0 spiro atoms. The molecule has 1 saturated heterocycles. The number of likely N-dealkylation sites (tertiary alicyclic amines) is 1. The highest BCUT2D eigenvalue weighted by Gasteiger charge is 2.41. The van der Waals surface area contributed by atoms with Gasteiger partial charge in [0.15, 0.2) is 0 Å². The summed E-state index contributed by atoms with van der Waals surface area (Å²) in [7, 11) is 0. The standard InChI is InChI=1S/C10H17NO5/c1-2-16-6-5-11-7(9(12)13)3-4-8(11)10(14)15/h7-8H,2-6H2,1H3,(H,12,13)(H,14,15). The third-order valence-corrected chi connectivity index (χ3v) is 2.78. The van der Waals surface area contributed by atoms with E-state index in [0.29, 0.717) is 32.6 Å². The van der Waals surface area contributed by atoms with Crippen LogP contribution in [0.1, 0.15) is 19.8 Å². The van der Waals surface area contributed by atoms with Gasteiger partial charge in [-0.05, 0) is 19.8 Å². The van der Waals surface area contributed by atoms with E-state index in [2.05, 4.69) is 0 Å². The average Bonchev–Trinajstić information content (AvgIpc) is 2.62. The fourth-order valence-corrected chi connectivity index (χ4v) is 2.02. The number of hydrogen-bond acceptors (Lipinski definition) is 4. The zero-order valence-electron chi connectivity index (χ0n) is 9.26. The monoisotopic (exact) mass is 231 g/mol. The summed E-state index contributed by atoms with van der Waals surface area (Å²) in [6, 6.07) is -1.39. The molecular formula is C10H17NO5. The zero-order chi connectivity index (χ0) is 12.1. The van der Waals surface area contributed by atoms with Gasteiger partial charge < -0.3 is 14.9 Å². The molecule has 1 aliphatic rings. The molecule has 92 valence electrons. The first kappa shape index (κ1) is 12.9. The van der Waals surface area contributed by atoms with Crippen LogP contribution in [0.3, 0.4) is 0 Å². The van der Waals surface area contributed by atoms with Crippen LogP contribution < -0.4 is 0 Å². The summed E-state index contributed by atoms with van der Waals surface area (Å²) in [4.78, 5) is 23.4. The Balaban J connectivity index is 2.61. The predicted octanol–water partition coefficient (Wildman–Crippen LogP) is 0.0251. The topological polar surface area (TPSA) is 87.1 Å². The lowest BCUT2D eigenvalue weighted by molar-refractivity contribution is -0.147. The molecule has 0 aromatic carbocycles. The fourth-order valence-electron chi connectivity index (χ4n) is 2.02. The molecule has 2 atom stereocenters. The van der Waals surface area contributed by atoms with Gasteiger partial charge in [0.25, 0.3) is 0 Å². The molecule has 0 aliphatic carbocycles. The quantitative estimate of drug-likeness (QED) is 0.627. The third-order valence-electron chi connectivity index (χ3n) is 2.78. The summed E-state index contributed by atoms with van der Waals surface area (Å²) in [5.41, 5.74) is 0. The van der Waals surface area contributed by atoms with Crippen LogP contribution >= 0.6 is 0 Å². The van der Waals surface area contributed by atoms with Crippen LogP contribution in [0.5, 0.6) is 0 Å². The number of carbonyl (C=O) groups is 2. The summed E-state index contributed by atoms with van der Waals surface area (Å²) in [6.45, 7) is 3.10. The summed E-state index contributed by atoms with van der Waals surface area (Å²) in [6.07, 6.45) is 0.775. The normalized spacial score (nSPS) is 25.8. The molecule has 6 heteroatoms. The van der Waals surface area contributed by atoms with Crippen molar-refractivity contribution in [1.29, 1.82) is 0 Å². The van der Waals surface area contributed by atoms with E-state index < -0.39 is 24.0 Å². The molecule has 16 heavy (non-hydrogen) atoms. The summed E-state index contributed by atoms with van der Waals surface area (Å²) in [5, 5.41) is 17.9. The largest absolute Gasteiger partial charge is 0.480 e. The van der Waals surface area contributed by atoms with Crippen molar-refractivity contribution in [2.75, 3.05) is 19.8 Å². The first-order valence-electron chi connectivity index (χ1n) is 5.37. The van der Waals surface area contributed by atoms with E-state index in [4.69, 9.17) is 14.9 Å². The maximum absolute atomic E-state index is 10.9. The third kappa shape index (κ3) is 2.93. The van der Waals surface area contributed by atoms with Crippen molar-refractivity contribution in [3.8, 4) is 0 Å². The molecule has 0 aromatic heterocycles. The van der Waals surface area contributed by atoms with Crippen molar-refractivity contribution >= 4 is 11.9 Å². The Morgan fingerprint density at radius 2 is 1.75 bits per heavy atom. The molecule has 6 nitrogen and oxygen atoms in total. The molecule has 1 fully saturated rings. The lowest BCUT2D eigenvalue weighted by atomic mass is 10.2. The Hall–Kier alpha value is -1.14. The van der Waals surface area contributed by atoms with Gasteiger partial charge in [0, 0.05) is 13.2 Å². The van der Waals surface area contributed by atoms with Crippen molar-refractivity contribution in [2.45, 2.75) is 31.8 Å². The smallest absolute Gasteiger partial charge is 0.320 e. The van der Waals surface area contributed by atoms with Gasteiger partial charge in [-0.2, -0.15) is 0 Å². The Kier molecular flexibility index (Phi) is 4.70. The van der Waals surface area contributed by atoms with E-state index in [1.807, 2.05) is 6.92 Å². The second-order valence-corrected chi connectivity index (χ2v) is 3.72. The van der Waals surface area contributed by atoms with Crippen LogP contribution in [0.4, 0.5) is 0 Å². The van der Waals surface area contributed by atoms with Gasteiger partial charge in [-0.25, -0.2) is 0 Å². The molecule has 1 heterocycles. The van der Waals surface area contributed by atoms with Gasteiger partial charge in [0.05, 0.1) is 6.61 Å². The lowest BCUT2D eigenvalue weighted by Crippen LogP contribution is -2.45. The van der Waals surface area contributed by atoms with Gasteiger partial charge in [-0.15, -0.1) is 0 Å². The SMILES string of the molecule is CCOCCN1C(C(=O)O)CCC1C(=O)O. The van der Waals surface area contributed by atoms with Crippen LogP contribution in [-0.4, -0.2) is 58.9 Å². The van der Waals surface area contributed by atoms with E-state index in [0.717, 1.165) is 0 Å². The van der Waals surface area contributed by atoms with Crippen molar-refractivity contribution in [1.82, 2.24) is 4.90 Å². The lowest BCUT2D eigenvalue weighted by Gasteiger charge is -2.25. The Bertz CT molecular complexity index is 246. The van der Waals surface area contributed by atoms with Crippen molar-refractivity contribution < 1.29 is 24.5 Å². The molecule has 1 aliphatic heterocycles. The van der Waals surface area contributed by atoms with Gasteiger partial charge >= 0.3 is 11.9 Å². The molecule has 0 radical (unpaired) electrons. The number of hydrogen-bond donors (Lipinski definition) is 2. The Morgan fingerprint density at radius 1 is 1.25 bits per heavy atom. The number of nitrogens with zero attached hydrogens (tertiary/aromatic N) is 1. The van der Waals surface area contributed by atoms with Crippen molar-refractivity contribution in [3.05, 3.63) is 0 Å². The van der Waals surface area contributed by atoms with E-state index in [9.17, 15) is 9.59 Å². The fraction of sp³-hybridized carbons (Fsp3) is 0.800. The van der Waals surface area contributed by atoms with Crippen LogP contribution in [0.2, 0.25) is 0 Å². The molecular weight excluding hydrogens is 214 g/mol. The average molecular weight is 231 g/mol. The van der Waals surface area contributed by atoms with E-state index in [-0.39, 0.29) is 0 Å². The van der Waals surface area contributed by atoms with Crippen LogP contribution in [0.25, 0.3) is 0 Å². The van der Waals surface area contributed by atoms with E-state index in [1.54, 1.807) is 0 Å². The minimum absolute atomic E-state index is 0.349. The molecule has 0 bridgehead atoms. The highest BCUT2D eigenvalue weighted by Crippen LogP contribution is 2.24. The number of carboxylic acids is 2. The molecule has 0 aromatic rings.